The molecule has 1 N–H and O–H groups in total. The summed E-state index contributed by atoms with van der Waals surface area (Å²) < 4.78 is 0. The van der Waals surface area contributed by atoms with Crippen molar-refractivity contribution in [2.45, 2.75) is 39.0 Å². The number of unbranched alkanes of at least 4 members (excludes halogenated alkanes) is 4. The highest BCUT2D eigenvalue weighted by molar-refractivity contribution is 5.70. The Morgan fingerprint density at radius 3 is 2.73 bits per heavy atom. The van der Waals surface area contributed by atoms with Crippen LogP contribution in [0.25, 0.3) is 0 Å². The summed E-state index contributed by atoms with van der Waals surface area (Å²) in [7, 11) is 0. The first kappa shape index (κ1) is 10.2. The predicted molar refractivity (Wildman–Crippen MR) is 48.2 cm³/mol. The van der Waals surface area contributed by atoms with E-state index in [9.17, 15) is 0 Å². The molecule has 0 spiro atoms. The van der Waals surface area contributed by atoms with Gasteiger partial charge in [-0.1, -0.05) is 37.4 Å². The average Bonchev–Trinajstić information content (AvgIpc) is 2.03. The van der Waals surface area contributed by atoms with Gasteiger partial charge in [-0.25, -0.2) is 0 Å². The van der Waals surface area contributed by atoms with Gasteiger partial charge in [-0.3, -0.25) is 0 Å². The Bertz CT molecular complexity index is 119. The minimum Gasteiger partial charge on any atom is -0.411 e. The fourth-order valence-electron chi connectivity index (χ4n) is 0.885. The molecule has 64 valence electrons. The van der Waals surface area contributed by atoms with Gasteiger partial charge in [0.25, 0.3) is 0 Å². The summed E-state index contributed by atoms with van der Waals surface area (Å²) in [5.74, 6) is 0. The molecular weight excluding hydrogens is 138 g/mol. The summed E-state index contributed by atoms with van der Waals surface area (Å²) in [6.45, 7) is 2.20. The molecule has 0 aromatic heterocycles. The Morgan fingerprint density at radius 2 is 2.09 bits per heavy atom. The van der Waals surface area contributed by atoms with Crippen LogP contribution in [0.1, 0.15) is 39.0 Å². The second-order valence-electron chi connectivity index (χ2n) is 2.54. The van der Waals surface area contributed by atoms with Crippen molar-refractivity contribution in [1.82, 2.24) is 0 Å². The van der Waals surface area contributed by atoms with Gasteiger partial charge < -0.3 is 5.21 Å². The lowest BCUT2D eigenvalue weighted by Gasteiger charge is -1.92. The van der Waals surface area contributed by atoms with Gasteiger partial charge in [0.05, 0.1) is 6.21 Å². The number of hydrogen-bond donors (Lipinski definition) is 1. The molecule has 0 fully saturated rings. The lowest BCUT2D eigenvalue weighted by Crippen LogP contribution is -1.73. The van der Waals surface area contributed by atoms with Gasteiger partial charge in [0.1, 0.15) is 0 Å². The molecule has 0 unspecified atom stereocenters. The van der Waals surface area contributed by atoms with Crippen LogP contribution in [0.5, 0.6) is 0 Å². The Hall–Kier alpha value is -0.790. The van der Waals surface area contributed by atoms with Crippen molar-refractivity contribution in [1.29, 1.82) is 0 Å². The van der Waals surface area contributed by atoms with Crippen LogP contribution in [-0.2, 0) is 0 Å². The normalized spacial score (nSPS) is 11.7. The zero-order valence-electron chi connectivity index (χ0n) is 7.16. The topological polar surface area (TPSA) is 32.6 Å². The minimum absolute atomic E-state index is 1.09. The third-order valence-corrected chi connectivity index (χ3v) is 1.51. The number of hydrogen-bond acceptors (Lipinski definition) is 2. The highest BCUT2D eigenvalue weighted by atomic mass is 16.4. The molecule has 0 aromatic carbocycles. The van der Waals surface area contributed by atoms with E-state index in [1.807, 2.05) is 6.08 Å². The van der Waals surface area contributed by atoms with Crippen molar-refractivity contribution in [3.63, 3.8) is 0 Å². The smallest absolute Gasteiger partial charge is 0.0658 e. The number of allylic oxidation sites excluding steroid dienone is 2. The van der Waals surface area contributed by atoms with Crippen LogP contribution in [0.15, 0.2) is 17.3 Å². The van der Waals surface area contributed by atoms with Gasteiger partial charge >= 0.3 is 0 Å². The Balaban J connectivity index is 3.01. The van der Waals surface area contributed by atoms with E-state index >= 15 is 0 Å². The molecule has 0 rings (SSSR count). The van der Waals surface area contributed by atoms with E-state index in [0.717, 1.165) is 6.42 Å². The molecule has 0 atom stereocenters. The van der Waals surface area contributed by atoms with E-state index in [4.69, 9.17) is 5.21 Å². The van der Waals surface area contributed by atoms with Crippen LogP contribution in [-0.4, -0.2) is 11.4 Å². The first-order valence-electron chi connectivity index (χ1n) is 4.24. The van der Waals surface area contributed by atoms with Gasteiger partial charge in [0, 0.05) is 0 Å². The molecule has 0 saturated heterocycles. The van der Waals surface area contributed by atoms with Gasteiger partial charge in [0.2, 0.25) is 0 Å². The van der Waals surface area contributed by atoms with E-state index in [-0.39, 0.29) is 0 Å². The molecule has 2 nitrogen and oxygen atoms in total. The van der Waals surface area contributed by atoms with Crippen LogP contribution in [0.2, 0.25) is 0 Å². The van der Waals surface area contributed by atoms with Gasteiger partial charge in [-0.2, -0.15) is 0 Å². The molecule has 2 heteroatoms. The maximum absolute atomic E-state index is 8.03. The first-order valence-corrected chi connectivity index (χ1v) is 4.24. The van der Waals surface area contributed by atoms with Crippen LogP contribution >= 0.6 is 0 Å². The third kappa shape index (κ3) is 9.21. The zero-order valence-corrected chi connectivity index (χ0v) is 7.16. The van der Waals surface area contributed by atoms with E-state index in [1.54, 1.807) is 6.08 Å². The molecule has 0 radical (unpaired) electrons. The Kier molecular flexibility index (Phi) is 8.55. The molecule has 0 aliphatic carbocycles. The van der Waals surface area contributed by atoms with E-state index in [1.165, 1.54) is 31.9 Å². The van der Waals surface area contributed by atoms with E-state index in [2.05, 4.69) is 12.1 Å². The highest BCUT2D eigenvalue weighted by Crippen LogP contribution is 2.02. The van der Waals surface area contributed by atoms with Crippen molar-refractivity contribution >= 4 is 6.21 Å². The molecule has 11 heavy (non-hydrogen) atoms. The SMILES string of the molecule is CCCCCCC=CC=NO. The lowest BCUT2D eigenvalue weighted by atomic mass is 10.1. The van der Waals surface area contributed by atoms with E-state index in [0.29, 0.717) is 0 Å². The van der Waals surface area contributed by atoms with Crippen LogP contribution in [0.4, 0.5) is 0 Å². The van der Waals surface area contributed by atoms with Crippen molar-refractivity contribution in [2.24, 2.45) is 5.16 Å². The summed E-state index contributed by atoms with van der Waals surface area (Å²) in [4.78, 5) is 0. The maximum atomic E-state index is 8.03. The minimum atomic E-state index is 1.09. The molecule has 0 bridgehead atoms. The molecule has 0 aliphatic rings. The summed E-state index contributed by atoms with van der Waals surface area (Å²) in [5.41, 5.74) is 0. The lowest BCUT2D eigenvalue weighted by molar-refractivity contribution is 0.322. The van der Waals surface area contributed by atoms with Crippen molar-refractivity contribution in [3.8, 4) is 0 Å². The molecule has 0 saturated carbocycles. The number of oxime groups is 1. The maximum Gasteiger partial charge on any atom is 0.0658 e. The molecule has 0 heterocycles. The second-order valence-corrected chi connectivity index (χ2v) is 2.54. The molecule has 0 aromatic rings. The van der Waals surface area contributed by atoms with Gasteiger partial charge in [0.15, 0.2) is 0 Å². The largest absolute Gasteiger partial charge is 0.411 e. The second kappa shape index (κ2) is 9.21. The average molecular weight is 155 g/mol. The molecule has 0 aliphatic heterocycles. The summed E-state index contributed by atoms with van der Waals surface area (Å²) in [6, 6.07) is 0. The van der Waals surface area contributed by atoms with Gasteiger partial charge in [-0.05, 0) is 18.9 Å². The monoisotopic (exact) mass is 155 g/mol. The summed E-state index contributed by atoms with van der Waals surface area (Å²) in [6.07, 6.45) is 11.4. The van der Waals surface area contributed by atoms with Crippen molar-refractivity contribution < 1.29 is 5.21 Å². The standard InChI is InChI=1S/C9H17NO/c1-2-3-4-5-6-7-8-9-10-11/h7-9,11H,2-6H2,1H3. The third-order valence-electron chi connectivity index (χ3n) is 1.51. The van der Waals surface area contributed by atoms with Crippen molar-refractivity contribution in [3.05, 3.63) is 12.2 Å². The molecular formula is C9H17NO. The molecule has 0 amide bonds. The quantitative estimate of drug-likeness (QED) is 0.272. The summed E-state index contributed by atoms with van der Waals surface area (Å²) in [5, 5.41) is 10.9. The summed E-state index contributed by atoms with van der Waals surface area (Å²) >= 11 is 0. The van der Waals surface area contributed by atoms with Crippen LogP contribution < -0.4 is 0 Å². The number of nitrogens with zero attached hydrogens (tertiary/aromatic N) is 1. The van der Waals surface area contributed by atoms with Crippen LogP contribution in [0.3, 0.4) is 0 Å². The predicted octanol–water partition coefficient (Wildman–Crippen LogP) is 2.97. The Morgan fingerprint density at radius 1 is 1.27 bits per heavy atom. The zero-order chi connectivity index (χ0) is 8.36. The van der Waals surface area contributed by atoms with Gasteiger partial charge in [-0.15, -0.1) is 0 Å². The highest BCUT2D eigenvalue weighted by Gasteiger charge is 1.82. The van der Waals surface area contributed by atoms with Crippen molar-refractivity contribution in [2.75, 3.05) is 0 Å². The number of rotatable bonds is 6. The van der Waals surface area contributed by atoms with E-state index < -0.39 is 0 Å². The Labute approximate surface area is 68.6 Å². The fraction of sp³-hybridized carbons (Fsp3) is 0.667. The fourth-order valence-corrected chi connectivity index (χ4v) is 0.885. The first-order chi connectivity index (χ1) is 5.41. The van der Waals surface area contributed by atoms with Crippen LogP contribution in [0, 0.1) is 0 Å².